The molecule has 2 aliphatic rings. The molecular formula is C22H44N2O4. The number of ether oxygens (including phenoxy) is 2. The monoisotopic (exact) mass is 400 g/mol. The molecule has 0 unspecified atom stereocenters. The van der Waals surface area contributed by atoms with Crippen LogP contribution in [0.15, 0.2) is 0 Å². The molecule has 1 aliphatic heterocycles. The summed E-state index contributed by atoms with van der Waals surface area (Å²) in [5.41, 5.74) is 0. The Bertz CT molecular complexity index is 390. The van der Waals surface area contributed by atoms with E-state index >= 15 is 0 Å². The minimum atomic E-state index is 0.189. The number of methoxy groups -OCH3 is 1. The van der Waals surface area contributed by atoms with Crippen molar-refractivity contribution in [2.24, 2.45) is 11.8 Å². The van der Waals surface area contributed by atoms with Gasteiger partial charge in [0.05, 0.1) is 26.2 Å². The highest BCUT2D eigenvalue weighted by Gasteiger charge is 2.22. The van der Waals surface area contributed by atoms with E-state index in [1.165, 1.54) is 19.3 Å². The van der Waals surface area contributed by atoms with E-state index in [1.807, 2.05) is 32.6 Å². The lowest BCUT2D eigenvalue weighted by atomic mass is 9.83. The maximum atomic E-state index is 11.6. The number of amides is 1. The van der Waals surface area contributed by atoms with Crippen molar-refractivity contribution in [3.8, 4) is 0 Å². The quantitative estimate of drug-likeness (QED) is 0.633. The molecule has 1 aliphatic carbocycles. The van der Waals surface area contributed by atoms with E-state index in [4.69, 9.17) is 9.47 Å². The van der Waals surface area contributed by atoms with Crippen LogP contribution in [-0.4, -0.2) is 69.7 Å². The van der Waals surface area contributed by atoms with Gasteiger partial charge < -0.3 is 19.7 Å². The van der Waals surface area contributed by atoms with E-state index in [0.717, 1.165) is 39.0 Å². The van der Waals surface area contributed by atoms with Gasteiger partial charge in [0.1, 0.15) is 5.78 Å². The summed E-state index contributed by atoms with van der Waals surface area (Å²) in [7, 11) is 1.63. The molecular weight excluding hydrogens is 356 g/mol. The number of rotatable bonds is 8. The Labute approximate surface area is 172 Å². The van der Waals surface area contributed by atoms with Gasteiger partial charge >= 0.3 is 0 Å². The summed E-state index contributed by atoms with van der Waals surface area (Å²) in [5.74, 6) is 1.33. The Balaban J connectivity index is 0.000000497. The molecule has 2 rings (SSSR count). The summed E-state index contributed by atoms with van der Waals surface area (Å²) in [5, 5.41) is 3.21. The minimum absolute atomic E-state index is 0.189. The van der Waals surface area contributed by atoms with Gasteiger partial charge in [-0.05, 0) is 12.8 Å². The Hall–Kier alpha value is -0.980. The van der Waals surface area contributed by atoms with Crippen molar-refractivity contribution in [3.05, 3.63) is 0 Å². The van der Waals surface area contributed by atoms with Crippen LogP contribution < -0.4 is 5.32 Å². The Morgan fingerprint density at radius 3 is 2.14 bits per heavy atom. The lowest BCUT2D eigenvalue weighted by Crippen LogP contribution is -2.46. The third-order valence-electron chi connectivity index (χ3n) is 4.94. The number of nitrogens with zero attached hydrogens (tertiary/aromatic N) is 1. The van der Waals surface area contributed by atoms with Gasteiger partial charge in [-0.15, -0.1) is 0 Å². The molecule has 2 fully saturated rings. The zero-order valence-electron chi connectivity index (χ0n) is 18.9. The number of carbonyl (C=O) groups excluding carboxylic acids is 2. The molecule has 28 heavy (non-hydrogen) atoms. The van der Waals surface area contributed by atoms with Crippen LogP contribution in [0.25, 0.3) is 0 Å². The predicted octanol–water partition coefficient (Wildman–Crippen LogP) is 3.29. The first-order valence-electron chi connectivity index (χ1n) is 11.1. The van der Waals surface area contributed by atoms with Crippen LogP contribution in [0.4, 0.5) is 0 Å². The van der Waals surface area contributed by atoms with E-state index in [-0.39, 0.29) is 11.8 Å². The third-order valence-corrected chi connectivity index (χ3v) is 4.94. The van der Waals surface area contributed by atoms with Gasteiger partial charge in [0.15, 0.2) is 0 Å². The molecule has 6 nitrogen and oxygen atoms in total. The summed E-state index contributed by atoms with van der Waals surface area (Å²) in [6.07, 6.45) is 6.64. The van der Waals surface area contributed by atoms with Crippen LogP contribution in [0.1, 0.15) is 66.2 Å². The van der Waals surface area contributed by atoms with Crippen molar-refractivity contribution in [2.75, 3.05) is 53.1 Å². The van der Waals surface area contributed by atoms with Crippen molar-refractivity contribution >= 4 is 11.7 Å². The lowest BCUT2D eigenvalue weighted by Gasteiger charge is -2.27. The second-order valence-corrected chi connectivity index (χ2v) is 7.38. The van der Waals surface area contributed by atoms with E-state index in [0.29, 0.717) is 37.9 Å². The molecule has 0 aromatic carbocycles. The number of piperazine rings is 1. The smallest absolute Gasteiger partial charge is 0.224 e. The van der Waals surface area contributed by atoms with Crippen molar-refractivity contribution in [2.45, 2.75) is 66.2 Å². The van der Waals surface area contributed by atoms with E-state index < -0.39 is 0 Å². The molecule has 1 N–H and O–H groups in total. The zero-order chi connectivity index (χ0) is 21.2. The van der Waals surface area contributed by atoms with Crippen LogP contribution in [0, 0.1) is 11.8 Å². The molecule has 0 bridgehead atoms. The normalized spacial score (nSPS) is 17.3. The number of carbonyl (C=O) groups is 2. The molecule has 0 aromatic rings. The maximum absolute atomic E-state index is 11.6. The number of Topliss-reactive ketones (excluding diaryl/α,β-unsaturated/α-hetero) is 1. The SMILES string of the molecule is CC.CC(C)C(=O)C1CCCCC1.COCCOCCC(=O)N1CCNCC1. The third kappa shape index (κ3) is 12.5. The van der Waals surface area contributed by atoms with E-state index in [1.54, 1.807) is 7.11 Å². The highest BCUT2D eigenvalue weighted by molar-refractivity contribution is 5.82. The number of ketones is 1. The van der Waals surface area contributed by atoms with Gasteiger partial charge in [-0.1, -0.05) is 47.0 Å². The fourth-order valence-corrected chi connectivity index (χ4v) is 3.33. The van der Waals surface area contributed by atoms with E-state index in [9.17, 15) is 9.59 Å². The molecule has 1 heterocycles. The summed E-state index contributed by atoms with van der Waals surface area (Å²) in [4.78, 5) is 25.0. The predicted molar refractivity (Wildman–Crippen MR) is 115 cm³/mol. The van der Waals surface area contributed by atoms with Gasteiger partial charge in [-0.25, -0.2) is 0 Å². The van der Waals surface area contributed by atoms with Crippen molar-refractivity contribution < 1.29 is 19.1 Å². The maximum Gasteiger partial charge on any atom is 0.224 e. The molecule has 166 valence electrons. The highest BCUT2D eigenvalue weighted by Crippen LogP contribution is 2.26. The van der Waals surface area contributed by atoms with Crippen LogP contribution in [0.3, 0.4) is 0 Å². The second kappa shape index (κ2) is 18.1. The van der Waals surface area contributed by atoms with Crippen LogP contribution >= 0.6 is 0 Å². The molecule has 1 saturated heterocycles. The Morgan fingerprint density at radius 2 is 1.61 bits per heavy atom. The standard InChI is InChI=1S/C10H20N2O3.C10H18O.C2H6/c1-14-8-9-15-7-2-10(13)12-5-3-11-4-6-12;1-8(2)10(11)9-6-4-3-5-7-9;1-2/h11H,2-9H2,1H3;8-9H,3-7H2,1-2H3;1-2H3. The summed E-state index contributed by atoms with van der Waals surface area (Å²) < 4.78 is 10.1. The largest absolute Gasteiger partial charge is 0.382 e. The molecule has 0 radical (unpaired) electrons. The minimum Gasteiger partial charge on any atom is -0.382 e. The Morgan fingerprint density at radius 1 is 1.00 bits per heavy atom. The van der Waals surface area contributed by atoms with Gasteiger partial charge in [0.2, 0.25) is 5.91 Å². The summed E-state index contributed by atoms with van der Waals surface area (Å²) in [6.45, 7) is 13.1. The van der Waals surface area contributed by atoms with Crippen molar-refractivity contribution in [3.63, 3.8) is 0 Å². The summed E-state index contributed by atoms with van der Waals surface area (Å²) in [6, 6.07) is 0. The second-order valence-electron chi connectivity index (χ2n) is 7.38. The number of hydrogen-bond acceptors (Lipinski definition) is 5. The topological polar surface area (TPSA) is 67.9 Å². The first-order valence-corrected chi connectivity index (χ1v) is 11.1. The zero-order valence-corrected chi connectivity index (χ0v) is 18.9. The molecule has 6 heteroatoms. The molecule has 1 amide bonds. The van der Waals surface area contributed by atoms with Crippen molar-refractivity contribution in [1.82, 2.24) is 10.2 Å². The van der Waals surface area contributed by atoms with Crippen molar-refractivity contribution in [1.29, 1.82) is 0 Å². The first kappa shape index (κ1) is 27.0. The lowest BCUT2D eigenvalue weighted by molar-refractivity contribution is -0.133. The van der Waals surface area contributed by atoms with Gasteiger partial charge in [-0.2, -0.15) is 0 Å². The Kier molecular flexibility index (Phi) is 17.4. The average molecular weight is 401 g/mol. The first-order chi connectivity index (χ1) is 13.6. The fourth-order valence-electron chi connectivity index (χ4n) is 3.33. The fraction of sp³-hybridized carbons (Fsp3) is 0.909. The van der Waals surface area contributed by atoms with Gasteiger partial charge in [-0.3, -0.25) is 9.59 Å². The highest BCUT2D eigenvalue weighted by atomic mass is 16.5. The van der Waals surface area contributed by atoms with Gasteiger partial charge in [0.25, 0.3) is 0 Å². The average Bonchev–Trinajstić information content (AvgIpc) is 2.76. The van der Waals surface area contributed by atoms with Crippen LogP contribution in [-0.2, 0) is 19.1 Å². The summed E-state index contributed by atoms with van der Waals surface area (Å²) >= 11 is 0. The molecule has 0 aromatic heterocycles. The number of hydrogen-bond donors (Lipinski definition) is 1. The van der Waals surface area contributed by atoms with Crippen LogP contribution in [0.5, 0.6) is 0 Å². The molecule has 1 saturated carbocycles. The van der Waals surface area contributed by atoms with Gasteiger partial charge in [0, 0.05) is 45.1 Å². The number of nitrogens with one attached hydrogen (secondary N) is 1. The van der Waals surface area contributed by atoms with E-state index in [2.05, 4.69) is 5.32 Å². The van der Waals surface area contributed by atoms with Crippen LogP contribution in [0.2, 0.25) is 0 Å². The molecule has 0 atom stereocenters. The molecule has 0 spiro atoms.